The fourth-order valence-electron chi connectivity index (χ4n) is 1.82. The maximum atomic E-state index is 5.90. The van der Waals surface area contributed by atoms with Gasteiger partial charge in [0.1, 0.15) is 6.10 Å². The monoisotopic (exact) mass is 263 g/mol. The minimum Gasteiger partial charge on any atom is -0.493 e. The molecule has 1 unspecified atom stereocenters. The SMILES string of the molecule is C/C=C/c1ccc(OC(C)CNCCC)c(OC)c1. The summed E-state index contributed by atoms with van der Waals surface area (Å²) in [4.78, 5) is 0. The Hall–Kier alpha value is -1.48. The van der Waals surface area contributed by atoms with E-state index in [0.29, 0.717) is 0 Å². The highest BCUT2D eigenvalue weighted by Crippen LogP contribution is 2.29. The summed E-state index contributed by atoms with van der Waals surface area (Å²) in [6.07, 6.45) is 5.30. The molecule has 0 bridgehead atoms. The molecule has 0 fully saturated rings. The summed E-state index contributed by atoms with van der Waals surface area (Å²) in [7, 11) is 1.67. The Kier molecular flexibility index (Phi) is 7.04. The lowest BCUT2D eigenvalue weighted by atomic mass is 10.2. The second kappa shape index (κ2) is 8.59. The maximum Gasteiger partial charge on any atom is 0.161 e. The molecule has 19 heavy (non-hydrogen) atoms. The minimum atomic E-state index is 0.119. The number of nitrogens with one attached hydrogen (secondary N) is 1. The summed E-state index contributed by atoms with van der Waals surface area (Å²) in [5.41, 5.74) is 1.11. The van der Waals surface area contributed by atoms with Crippen molar-refractivity contribution in [3.8, 4) is 11.5 Å². The maximum absolute atomic E-state index is 5.90. The first-order chi connectivity index (χ1) is 9.21. The Labute approximate surface area is 116 Å². The molecular formula is C16H25NO2. The minimum absolute atomic E-state index is 0.119. The molecule has 1 aromatic rings. The van der Waals surface area contributed by atoms with Crippen molar-refractivity contribution in [3.05, 3.63) is 29.8 Å². The van der Waals surface area contributed by atoms with Crippen molar-refractivity contribution < 1.29 is 9.47 Å². The fraction of sp³-hybridized carbons (Fsp3) is 0.500. The van der Waals surface area contributed by atoms with Gasteiger partial charge in [0.05, 0.1) is 7.11 Å². The second-order valence-corrected chi connectivity index (χ2v) is 4.54. The van der Waals surface area contributed by atoms with Crippen molar-refractivity contribution in [1.82, 2.24) is 5.32 Å². The molecule has 1 aromatic carbocycles. The predicted molar refractivity (Wildman–Crippen MR) is 81.0 cm³/mol. The third kappa shape index (κ3) is 5.35. The lowest BCUT2D eigenvalue weighted by Crippen LogP contribution is -2.29. The molecular weight excluding hydrogens is 238 g/mol. The Morgan fingerprint density at radius 2 is 2.11 bits per heavy atom. The lowest BCUT2D eigenvalue weighted by molar-refractivity contribution is 0.208. The third-order valence-corrected chi connectivity index (χ3v) is 2.73. The molecule has 1 N–H and O–H groups in total. The van der Waals surface area contributed by atoms with Crippen molar-refractivity contribution in [2.75, 3.05) is 20.2 Å². The highest BCUT2D eigenvalue weighted by Gasteiger charge is 2.09. The van der Waals surface area contributed by atoms with Crippen LogP contribution in [0.15, 0.2) is 24.3 Å². The molecule has 106 valence electrons. The van der Waals surface area contributed by atoms with Gasteiger partial charge in [-0.1, -0.05) is 25.1 Å². The zero-order valence-electron chi connectivity index (χ0n) is 12.4. The van der Waals surface area contributed by atoms with Crippen molar-refractivity contribution in [1.29, 1.82) is 0 Å². The van der Waals surface area contributed by atoms with Gasteiger partial charge in [-0.2, -0.15) is 0 Å². The van der Waals surface area contributed by atoms with E-state index in [1.165, 1.54) is 0 Å². The number of methoxy groups -OCH3 is 1. The molecule has 0 spiro atoms. The summed E-state index contributed by atoms with van der Waals surface area (Å²) < 4.78 is 11.3. The zero-order chi connectivity index (χ0) is 14.1. The average molecular weight is 263 g/mol. The van der Waals surface area contributed by atoms with Crippen LogP contribution >= 0.6 is 0 Å². The third-order valence-electron chi connectivity index (χ3n) is 2.73. The number of rotatable bonds is 8. The van der Waals surface area contributed by atoms with Gasteiger partial charge < -0.3 is 14.8 Å². The molecule has 0 aliphatic rings. The van der Waals surface area contributed by atoms with E-state index in [4.69, 9.17) is 9.47 Å². The molecule has 0 heterocycles. The molecule has 0 radical (unpaired) electrons. The van der Waals surface area contributed by atoms with E-state index in [9.17, 15) is 0 Å². The standard InChI is InChI=1S/C16H25NO2/c1-5-7-14-8-9-15(16(11-14)18-4)19-13(3)12-17-10-6-2/h5,7-9,11,13,17H,6,10,12H2,1-4H3/b7-5+. The van der Waals surface area contributed by atoms with Crippen molar-refractivity contribution in [2.45, 2.75) is 33.3 Å². The molecule has 0 aliphatic carbocycles. The normalized spacial score (nSPS) is 12.6. The van der Waals surface area contributed by atoms with Crippen molar-refractivity contribution in [2.24, 2.45) is 0 Å². The molecule has 0 aromatic heterocycles. The lowest BCUT2D eigenvalue weighted by Gasteiger charge is -2.17. The Bertz CT molecular complexity index is 402. The van der Waals surface area contributed by atoms with Crippen molar-refractivity contribution in [3.63, 3.8) is 0 Å². The highest BCUT2D eigenvalue weighted by atomic mass is 16.5. The average Bonchev–Trinajstić information content (AvgIpc) is 2.41. The van der Waals surface area contributed by atoms with E-state index in [0.717, 1.165) is 36.6 Å². The Balaban J connectivity index is 2.66. The van der Waals surface area contributed by atoms with Crippen molar-refractivity contribution >= 4 is 6.08 Å². The molecule has 1 atom stereocenters. The van der Waals surface area contributed by atoms with Gasteiger partial charge in [0.15, 0.2) is 11.5 Å². The van der Waals surface area contributed by atoms with Gasteiger partial charge in [0, 0.05) is 6.54 Å². The Morgan fingerprint density at radius 3 is 2.74 bits per heavy atom. The van der Waals surface area contributed by atoms with Gasteiger partial charge in [-0.15, -0.1) is 0 Å². The number of benzene rings is 1. The zero-order valence-corrected chi connectivity index (χ0v) is 12.4. The van der Waals surface area contributed by atoms with Gasteiger partial charge >= 0.3 is 0 Å². The van der Waals surface area contributed by atoms with E-state index in [2.05, 4.69) is 19.2 Å². The molecule has 0 saturated heterocycles. The van der Waals surface area contributed by atoms with Crippen LogP contribution in [0.3, 0.4) is 0 Å². The van der Waals surface area contributed by atoms with Crippen LogP contribution in [0, 0.1) is 0 Å². The fourth-order valence-corrected chi connectivity index (χ4v) is 1.82. The molecule has 0 saturated carbocycles. The van der Waals surface area contributed by atoms with Crippen LogP contribution in [0.2, 0.25) is 0 Å². The van der Waals surface area contributed by atoms with Gasteiger partial charge in [-0.3, -0.25) is 0 Å². The topological polar surface area (TPSA) is 30.5 Å². The molecule has 3 nitrogen and oxygen atoms in total. The van der Waals surface area contributed by atoms with Crippen LogP contribution in [0.4, 0.5) is 0 Å². The summed E-state index contributed by atoms with van der Waals surface area (Å²) in [5, 5.41) is 3.35. The van der Waals surface area contributed by atoms with E-state index in [1.807, 2.05) is 37.3 Å². The van der Waals surface area contributed by atoms with E-state index < -0.39 is 0 Å². The van der Waals surface area contributed by atoms with Gasteiger partial charge in [0.2, 0.25) is 0 Å². The first-order valence-electron chi connectivity index (χ1n) is 6.89. The van der Waals surface area contributed by atoms with Crippen LogP contribution < -0.4 is 14.8 Å². The van der Waals surface area contributed by atoms with Gasteiger partial charge in [-0.25, -0.2) is 0 Å². The molecule has 0 amide bonds. The summed E-state index contributed by atoms with van der Waals surface area (Å²) in [5.74, 6) is 1.57. The number of hydrogen-bond donors (Lipinski definition) is 1. The smallest absolute Gasteiger partial charge is 0.161 e. The first-order valence-corrected chi connectivity index (χ1v) is 6.89. The van der Waals surface area contributed by atoms with Gasteiger partial charge in [0.25, 0.3) is 0 Å². The first kappa shape index (κ1) is 15.6. The second-order valence-electron chi connectivity index (χ2n) is 4.54. The quantitative estimate of drug-likeness (QED) is 0.728. The van der Waals surface area contributed by atoms with Crippen LogP contribution in [0.1, 0.15) is 32.8 Å². The molecule has 0 aliphatic heterocycles. The van der Waals surface area contributed by atoms with Crippen LogP contribution in [-0.4, -0.2) is 26.3 Å². The Morgan fingerprint density at radius 1 is 1.32 bits per heavy atom. The van der Waals surface area contributed by atoms with E-state index in [1.54, 1.807) is 7.11 Å². The van der Waals surface area contributed by atoms with E-state index in [-0.39, 0.29) is 6.10 Å². The number of hydrogen-bond acceptors (Lipinski definition) is 3. The van der Waals surface area contributed by atoms with Crippen LogP contribution in [-0.2, 0) is 0 Å². The van der Waals surface area contributed by atoms with Crippen LogP contribution in [0.25, 0.3) is 6.08 Å². The van der Waals surface area contributed by atoms with E-state index >= 15 is 0 Å². The molecule has 3 heteroatoms. The summed E-state index contributed by atoms with van der Waals surface area (Å²) in [6.45, 7) is 8.07. The number of ether oxygens (including phenoxy) is 2. The summed E-state index contributed by atoms with van der Waals surface area (Å²) >= 11 is 0. The molecule has 1 rings (SSSR count). The number of allylic oxidation sites excluding steroid dienone is 1. The summed E-state index contributed by atoms with van der Waals surface area (Å²) in [6, 6.07) is 5.98. The highest BCUT2D eigenvalue weighted by molar-refractivity contribution is 5.55. The van der Waals surface area contributed by atoms with Crippen LogP contribution in [0.5, 0.6) is 11.5 Å². The predicted octanol–water partition coefficient (Wildman–Crippen LogP) is 3.50. The largest absolute Gasteiger partial charge is 0.493 e. The van der Waals surface area contributed by atoms with Gasteiger partial charge in [-0.05, 0) is 44.5 Å².